The molecular formula is C11H11F5N2O3. The number of nitrogens with two attached hydrogens (primary N) is 1. The highest BCUT2D eigenvalue weighted by Gasteiger charge is 2.35. The van der Waals surface area contributed by atoms with Crippen LogP contribution in [0.5, 0.6) is 5.75 Å². The van der Waals surface area contributed by atoms with Crippen LogP contribution in [0.1, 0.15) is 35.1 Å². The summed E-state index contributed by atoms with van der Waals surface area (Å²) in [5.41, 5.74) is 2.94. The van der Waals surface area contributed by atoms with E-state index in [0.717, 1.165) is 0 Å². The minimum Gasteiger partial charge on any atom is -0.461 e. The summed E-state index contributed by atoms with van der Waals surface area (Å²) in [6, 6.07) is 0.605. The van der Waals surface area contributed by atoms with Crippen molar-refractivity contribution in [1.82, 2.24) is 4.98 Å². The maximum atomic E-state index is 12.8. The molecule has 1 aromatic heterocycles. The predicted molar refractivity (Wildman–Crippen MR) is 59.7 cm³/mol. The van der Waals surface area contributed by atoms with Crippen molar-refractivity contribution >= 4 is 5.97 Å². The number of alkyl halides is 5. The van der Waals surface area contributed by atoms with E-state index in [4.69, 9.17) is 5.73 Å². The first kappa shape index (κ1) is 17.1. The molecular weight excluding hydrogens is 303 g/mol. The second kappa shape index (κ2) is 6.66. The Morgan fingerprint density at radius 3 is 2.48 bits per heavy atom. The maximum Gasteiger partial charge on any atom is 0.573 e. The van der Waals surface area contributed by atoms with Crippen LogP contribution in [0.4, 0.5) is 22.0 Å². The third-order valence-electron chi connectivity index (χ3n) is 2.22. The number of esters is 1. The van der Waals surface area contributed by atoms with E-state index in [2.05, 4.69) is 14.5 Å². The molecule has 0 fully saturated rings. The molecule has 0 aromatic carbocycles. The van der Waals surface area contributed by atoms with Gasteiger partial charge in [-0.1, -0.05) is 0 Å². The van der Waals surface area contributed by atoms with Crippen molar-refractivity contribution < 1.29 is 36.2 Å². The van der Waals surface area contributed by atoms with Crippen LogP contribution in [0, 0.1) is 0 Å². The molecule has 10 heteroatoms. The van der Waals surface area contributed by atoms with Gasteiger partial charge in [-0.25, -0.2) is 18.6 Å². The Labute approximate surface area is 115 Å². The molecule has 5 nitrogen and oxygen atoms in total. The molecule has 0 radical (unpaired) electrons. The standard InChI is InChI=1S/C11H11F5N2O3/c1-2-20-10(19)8-6(21-11(14,15)16)3-5(4-17)7(18-8)9(12)13/h3,9H,2,4,17H2,1H3. The molecule has 0 aliphatic carbocycles. The molecule has 0 spiro atoms. The summed E-state index contributed by atoms with van der Waals surface area (Å²) < 4.78 is 70.5. The zero-order valence-corrected chi connectivity index (χ0v) is 10.7. The van der Waals surface area contributed by atoms with Crippen LogP contribution in [-0.2, 0) is 11.3 Å². The summed E-state index contributed by atoms with van der Waals surface area (Å²) in [4.78, 5) is 14.7. The summed E-state index contributed by atoms with van der Waals surface area (Å²) in [6.07, 6.45) is -8.24. The van der Waals surface area contributed by atoms with E-state index in [9.17, 15) is 26.7 Å². The van der Waals surface area contributed by atoms with E-state index in [0.29, 0.717) is 6.07 Å². The van der Waals surface area contributed by atoms with Gasteiger partial charge < -0.3 is 15.2 Å². The minimum atomic E-state index is -5.12. The average molecular weight is 314 g/mol. The molecule has 118 valence electrons. The Bertz CT molecular complexity index is 519. The van der Waals surface area contributed by atoms with Crippen LogP contribution >= 0.6 is 0 Å². The molecule has 1 aromatic rings. The molecule has 0 saturated heterocycles. The van der Waals surface area contributed by atoms with E-state index in [1.807, 2.05) is 0 Å². The van der Waals surface area contributed by atoms with Crippen LogP contribution in [0.3, 0.4) is 0 Å². The Balaban J connectivity index is 3.40. The molecule has 0 aliphatic heterocycles. The van der Waals surface area contributed by atoms with Gasteiger partial charge in [-0.05, 0) is 18.6 Å². The lowest BCUT2D eigenvalue weighted by molar-refractivity contribution is -0.274. The average Bonchev–Trinajstić information content (AvgIpc) is 2.36. The number of rotatable bonds is 5. The molecule has 1 rings (SSSR count). The molecule has 2 N–H and O–H groups in total. The first-order valence-corrected chi connectivity index (χ1v) is 5.64. The van der Waals surface area contributed by atoms with Gasteiger partial charge in [0.15, 0.2) is 11.4 Å². The minimum absolute atomic E-state index is 0.172. The molecule has 0 bridgehead atoms. The van der Waals surface area contributed by atoms with Crippen LogP contribution in [0.25, 0.3) is 0 Å². The molecule has 0 atom stereocenters. The molecule has 1 heterocycles. The second-order valence-electron chi connectivity index (χ2n) is 3.65. The third-order valence-corrected chi connectivity index (χ3v) is 2.22. The summed E-state index contributed by atoms with van der Waals surface area (Å²) in [5.74, 6) is -2.34. The predicted octanol–water partition coefficient (Wildman–Crippen LogP) is 2.55. The fourth-order valence-corrected chi connectivity index (χ4v) is 1.45. The number of halogens is 5. The van der Waals surface area contributed by atoms with E-state index < -0.39 is 42.4 Å². The molecule has 0 amide bonds. The Morgan fingerprint density at radius 2 is 2.05 bits per heavy atom. The lowest BCUT2D eigenvalue weighted by Crippen LogP contribution is -2.22. The van der Waals surface area contributed by atoms with Crippen molar-refractivity contribution in [3.05, 3.63) is 23.0 Å². The van der Waals surface area contributed by atoms with E-state index >= 15 is 0 Å². The van der Waals surface area contributed by atoms with Gasteiger partial charge in [-0.2, -0.15) is 0 Å². The van der Waals surface area contributed by atoms with E-state index in [1.54, 1.807) is 0 Å². The topological polar surface area (TPSA) is 74.4 Å². The number of carbonyl (C=O) groups excluding carboxylic acids is 1. The molecule has 0 saturated carbocycles. The number of carbonyl (C=O) groups is 1. The largest absolute Gasteiger partial charge is 0.573 e. The van der Waals surface area contributed by atoms with Crippen LogP contribution < -0.4 is 10.5 Å². The van der Waals surface area contributed by atoms with Gasteiger partial charge in [0, 0.05) is 6.54 Å². The lowest BCUT2D eigenvalue weighted by Gasteiger charge is -2.15. The third kappa shape index (κ3) is 4.52. The highest BCUT2D eigenvalue weighted by atomic mass is 19.4. The Morgan fingerprint density at radius 1 is 1.43 bits per heavy atom. The number of hydrogen-bond donors (Lipinski definition) is 1. The van der Waals surface area contributed by atoms with Crippen molar-refractivity contribution in [1.29, 1.82) is 0 Å². The first-order chi connectivity index (χ1) is 9.69. The van der Waals surface area contributed by atoms with E-state index in [1.165, 1.54) is 6.92 Å². The van der Waals surface area contributed by atoms with Gasteiger partial charge in [-0.15, -0.1) is 13.2 Å². The van der Waals surface area contributed by atoms with Crippen molar-refractivity contribution in [3.8, 4) is 5.75 Å². The molecule has 0 unspecified atom stereocenters. The SMILES string of the molecule is CCOC(=O)c1nc(C(F)F)c(CN)cc1OC(F)(F)F. The van der Waals surface area contributed by atoms with Gasteiger partial charge in [0.25, 0.3) is 6.43 Å². The van der Waals surface area contributed by atoms with Crippen molar-refractivity contribution in [2.24, 2.45) is 5.73 Å². The zero-order valence-electron chi connectivity index (χ0n) is 10.7. The fraction of sp³-hybridized carbons (Fsp3) is 0.455. The zero-order chi connectivity index (χ0) is 16.2. The quantitative estimate of drug-likeness (QED) is 0.668. The molecule has 21 heavy (non-hydrogen) atoms. The van der Waals surface area contributed by atoms with Crippen molar-refractivity contribution in [3.63, 3.8) is 0 Å². The molecule has 0 aliphatic rings. The summed E-state index contributed by atoms with van der Waals surface area (Å²) in [6.45, 7) is 0.725. The highest BCUT2D eigenvalue weighted by Crippen LogP contribution is 2.31. The van der Waals surface area contributed by atoms with Crippen molar-refractivity contribution in [2.75, 3.05) is 6.61 Å². The Hall–Kier alpha value is -1.97. The number of pyridine rings is 1. The van der Waals surface area contributed by atoms with Gasteiger partial charge in [0.2, 0.25) is 0 Å². The number of hydrogen-bond acceptors (Lipinski definition) is 5. The Kier molecular flexibility index (Phi) is 5.41. The fourth-order valence-electron chi connectivity index (χ4n) is 1.45. The number of ether oxygens (including phenoxy) is 2. The van der Waals surface area contributed by atoms with Gasteiger partial charge in [0.05, 0.1) is 6.61 Å². The van der Waals surface area contributed by atoms with Gasteiger partial charge in [-0.3, -0.25) is 0 Å². The summed E-state index contributed by atoms with van der Waals surface area (Å²) in [7, 11) is 0. The first-order valence-electron chi connectivity index (χ1n) is 5.64. The normalized spacial score (nSPS) is 11.6. The monoisotopic (exact) mass is 314 g/mol. The second-order valence-corrected chi connectivity index (χ2v) is 3.65. The summed E-state index contributed by atoms with van der Waals surface area (Å²) in [5, 5.41) is 0. The lowest BCUT2D eigenvalue weighted by atomic mass is 10.1. The van der Waals surface area contributed by atoms with Crippen LogP contribution in [0.15, 0.2) is 6.07 Å². The summed E-state index contributed by atoms with van der Waals surface area (Å²) >= 11 is 0. The van der Waals surface area contributed by atoms with Crippen molar-refractivity contribution in [2.45, 2.75) is 26.3 Å². The maximum absolute atomic E-state index is 12.8. The number of aromatic nitrogens is 1. The van der Waals surface area contributed by atoms with Gasteiger partial charge in [0.1, 0.15) is 5.69 Å². The highest BCUT2D eigenvalue weighted by molar-refractivity contribution is 5.90. The van der Waals surface area contributed by atoms with Crippen LogP contribution in [0.2, 0.25) is 0 Å². The van der Waals surface area contributed by atoms with Gasteiger partial charge >= 0.3 is 12.3 Å². The number of nitrogens with zero attached hydrogens (tertiary/aromatic N) is 1. The van der Waals surface area contributed by atoms with Crippen LogP contribution in [-0.4, -0.2) is 23.9 Å². The smallest absolute Gasteiger partial charge is 0.461 e. The van der Waals surface area contributed by atoms with E-state index in [-0.39, 0.29) is 12.2 Å².